The number of hydrogen-bond acceptors (Lipinski definition) is 12. The molecule has 0 radical (unpaired) electrons. The van der Waals surface area contributed by atoms with Gasteiger partial charge in [0.2, 0.25) is 0 Å². The molecular weight excluding hydrogens is 877 g/mol. The Bertz CT molecular complexity index is 2610. The molecule has 0 aromatic heterocycles. The van der Waals surface area contributed by atoms with E-state index >= 15 is 0 Å². The van der Waals surface area contributed by atoms with Crippen LogP contribution in [0.5, 0.6) is 34.5 Å². The molecule has 2 N–H and O–H groups in total. The number of ether oxygens (including phenoxy) is 5. The van der Waals surface area contributed by atoms with Crippen molar-refractivity contribution in [3.63, 3.8) is 0 Å². The summed E-state index contributed by atoms with van der Waals surface area (Å²) in [5.41, 5.74) is 3.38. The van der Waals surface area contributed by atoms with Crippen LogP contribution in [0.3, 0.4) is 0 Å². The van der Waals surface area contributed by atoms with E-state index in [0.29, 0.717) is 39.7 Å². The molecule has 0 unspecified atom stereocenters. The third kappa shape index (κ3) is 23.3. The van der Waals surface area contributed by atoms with E-state index in [9.17, 15) is 29.1 Å². The average Bonchev–Trinajstić information content (AvgIpc) is 3.27. The van der Waals surface area contributed by atoms with E-state index in [1.54, 1.807) is 63.3 Å². The Hall–Kier alpha value is -7.99. The lowest BCUT2D eigenvalue weighted by atomic mass is 9.86. The average molecular weight is 943 g/mol. The zero-order valence-electron chi connectivity index (χ0n) is 41.7. The van der Waals surface area contributed by atoms with Gasteiger partial charge in [0.15, 0.2) is 0 Å². The predicted octanol–water partition coefficient (Wildman–Crippen LogP) is 13.0. The topological polar surface area (TPSA) is 172 Å². The van der Waals surface area contributed by atoms with Crippen LogP contribution in [0.1, 0.15) is 99.3 Å². The van der Waals surface area contributed by atoms with Crippen molar-refractivity contribution in [1.82, 2.24) is 0 Å². The van der Waals surface area contributed by atoms with Crippen molar-refractivity contribution in [1.29, 1.82) is 0 Å². The molecule has 0 fully saturated rings. The molecule has 0 aliphatic rings. The Kier molecular flexibility index (Phi) is 24.2. The maximum atomic E-state index is 11.4. The SMILES string of the molecule is C=C(C)C(=O)OC(C)(C)CC.C=C(C)C(=O)Oc1ccc(O)c(C(C)(C)C)c1.C=C(C)C(=O)Oc1ccc(O)cc1.C=Cc1ccc(OC(C)=O)cc1.C=Cc1ccc2cc(OC(C)=O)ccc2c1. The molecule has 12 nitrogen and oxygen atoms in total. The van der Waals surface area contributed by atoms with Gasteiger partial charge < -0.3 is 33.9 Å². The first kappa shape index (κ1) is 59.0. The van der Waals surface area contributed by atoms with Gasteiger partial charge in [-0.25, -0.2) is 14.4 Å². The molecule has 0 aliphatic carbocycles. The summed E-state index contributed by atoms with van der Waals surface area (Å²) in [6, 6.07) is 29.4. The Morgan fingerprint density at radius 2 is 0.899 bits per heavy atom. The third-order valence-corrected chi connectivity index (χ3v) is 9.01. The highest BCUT2D eigenvalue weighted by Crippen LogP contribution is 2.33. The number of carbonyl (C=O) groups is 5. The maximum absolute atomic E-state index is 11.4. The first-order valence-corrected chi connectivity index (χ1v) is 21.6. The first-order chi connectivity index (χ1) is 32.1. The number of hydrogen-bond donors (Lipinski definition) is 2. The molecule has 0 atom stereocenters. The van der Waals surface area contributed by atoms with Crippen LogP contribution < -0.4 is 18.9 Å². The summed E-state index contributed by atoms with van der Waals surface area (Å²) in [6.07, 6.45) is 4.35. The van der Waals surface area contributed by atoms with Crippen molar-refractivity contribution < 1.29 is 57.9 Å². The van der Waals surface area contributed by atoms with Gasteiger partial charge in [-0.05, 0) is 141 Å². The molecule has 5 rings (SSSR count). The van der Waals surface area contributed by atoms with E-state index in [0.717, 1.165) is 33.9 Å². The maximum Gasteiger partial charge on any atom is 0.338 e. The molecule has 69 heavy (non-hydrogen) atoms. The molecule has 0 amide bonds. The van der Waals surface area contributed by atoms with E-state index in [2.05, 4.69) is 32.9 Å². The highest BCUT2D eigenvalue weighted by atomic mass is 16.6. The van der Waals surface area contributed by atoms with E-state index in [-0.39, 0.29) is 40.4 Å². The zero-order chi connectivity index (χ0) is 52.6. The molecule has 0 bridgehead atoms. The van der Waals surface area contributed by atoms with Gasteiger partial charge in [-0.15, -0.1) is 0 Å². The molecule has 5 aromatic carbocycles. The Balaban J connectivity index is 0.000000436. The van der Waals surface area contributed by atoms with Gasteiger partial charge in [-0.3, -0.25) is 9.59 Å². The fraction of sp³-hybridized carbons (Fsp3) is 0.246. The summed E-state index contributed by atoms with van der Waals surface area (Å²) in [5, 5.41) is 20.8. The smallest absolute Gasteiger partial charge is 0.338 e. The third-order valence-electron chi connectivity index (χ3n) is 9.01. The molecule has 5 aromatic rings. The van der Waals surface area contributed by atoms with E-state index < -0.39 is 11.9 Å². The van der Waals surface area contributed by atoms with Gasteiger partial charge in [0, 0.05) is 36.1 Å². The van der Waals surface area contributed by atoms with Gasteiger partial charge in [0.05, 0.1) is 0 Å². The highest BCUT2D eigenvalue weighted by molar-refractivity contribution is 5.90. The second-order valence-electron chi connectivity index (χ2n) is 17.0. The Morgan fingerprint density at radius 1 is 0.507 bits per heavy atom. The van der Waals surface area contributed by atoms with Crippen LogP contribution in [0.4, 0.5) is 0 Å². The van der Waals surface area contributed by atoms with Crippen molar-refractivity contribution in [2.24, 2.45) is 0 Å². The summed E-state index contributed by atoms with van der Waals surface area (Å²) < 4.78 is 25.0. The van der Waals surface area contributed by atoms with Gasteiger partial charge in [-0.1, -0.05) is 103 Å². The predicted molar refractivity (Wildman–Crippen MR) is 274 cm³/mol. The summed E-state index contributed by atoms with van der Waals surface area (Å²) in [5.74, 6) is 0.440. The second-order valence-corrected chi connectivity index (χ2v) is 17.0. The molecule has 0 aliphatic heterocycles. The first-order valence-electron chi connectivity index (χ1n) is 21.6. The van der Waals surface area contributed by atoms with Crippen LogP contribution in [0.25, 0.3) is 22.9 Å². The van der Waals surface area contributed by atoms with Crippen molar-refractivity contribution in [3.05, 3.63) is 169 Å². The monoisotopic (exact) mass is 942 g/mol. The van der Waals surface area contributed by atoms with Crippen LogP contribution in [-0.2, 0) is 34.1 Å². The Labute approximate surface area is 406 Å². The second kappa shape index (κ2) is 28.2. The van der Waals surface area contributed by atoms with Crippen LogP contribution in [0, 0.1) is 0 Å². The lowest BCUT2D eigenvalue weighted by molar-refractivity contribution is -0.151. The minimum absolute atomic E-state index is 0.134. The summed E-state index contributed by atoms with van der Waals surface area (Å²) >= 11 is 0. The molecule has 0 saturated heterocycles. The highest BCUT2D eigenvalue weighted by Gasteiger charge is 2.21. The van der Waals surface area contributed by atoms with E-state index in [1.807, 2.05) is 84.0 Å². The number of aromatic hydroxyl groups is 2. The minimum Gasteiger partial charge on any atom is -0.508 e. The number of esters is 5. The van der Waals surface area contributed by atoms with Gasteiger partial charge >= 0.3 is 29.8 Å². The molecule has 0 spiro atoms. The molecular formula is C57H66O12. The quantitative estimate of drug-likeness (QED) is 0.0730. The largest absolute Gasteiger partial charge is 0.508 e. The number of fused-ring (bicyclic) bond motifs is 1. The fourth-order valence-electron chi connectivity index (χ4n) is 4.93. The number of carbonyl (C=O) groups excluding carboxylic acids is 5. The molecule has 0 heterocycles. The molecule has 0 saturated carbocycles. The van der Waals surface area contributed by atoms with Gasteiger partial charge in [0.25, 0.3) is 0 Å². The lowest BCUT2D eigenvalue weighted by Crippen LogP contribution is -2.27. The van der Waals surface area contributed by atoms with E-state index in [4.69, 9.17) is 28.8 Å². The summed E-state index contributed by atoms with van der Waals surface area (Å²) in [4.78, 5) is 54.7. The van der Waals surface area contributed by atoms with Crippen LogP contribution >= 0.6 is 0 Å². The van der Waals surface area contributed by atoms with E-state index in [1.165, 1.54) is 44.2 Å². The number of rotatable bonds is 11. The van der Waals surface area contributed by atoms with Crippen LogP contribution in [0.2, 0.25) is 0 Å². The summed E-state index contributed by atoms with van der Waals surface area (Å²) in [7, 11) is 0. The number of phenolic OH excluding ortho intramolecular Hbond substituents is 2. The van der Waals surface area contributed by atoms with Crippen molar-refractivity contribution >= 4 is 52.8 Å². The number of phenols is 2. The molecule has 12 heteroatoms. The standard InChI is InChI=1S/C14H18O3.C14H12O2.C10H10O3.C10H10O2.C9H16O2/c1-9(2)13(16)17-10-6-7-12(15)11(8-10)14(3,4)5;1-3-11-4-5-13-9-14(16-10(2)15)7-6-12(13)8-11;1-7(2)10(12)13-9-5-3-8(11)4-6-9;1-3-9-4-6-10(7-5-9)12-8(2)11;1-6-9(4,5)11-8(10)7(2)3/h6-8,15H,1H2,2-5H3;3-9H,1H2,2H3;3-6,11H,1H2,2H3;3-7H,1H2,2H3;2,6H2,1,3-5H3. The normalized spacial score (nSPS) is 10.1. The Morgan fingerprint density at radius 3 is 1.36 bits per heavy atom. The van der Waals surface area contributed by atoms with Crippen molar-refractivity contribution in [3.8, 4) is 34.5 Å². The van der Waals surface area contributed by atoms with Gasteiger partial charge in [-0.2, -0.15) is 0 Å². The van der Waals surface area contributed by atoms with Crippen molar-refractivity contribution in [2.75, 3.05) is 0 Å². The minimum atomic E-state index is -0.467. The zero-order valence-corrected chi connectivity index (χ0v) is 41.7. The summed E-state index contributed by atoms with van der Waals surface area (Å²) in [6.45, 7) is 37.1. The van der Waals surface area contributed by atoms with Crippen molar-refractivity contribution in [2.45, 2.75) is 93.6 Å². The van der Waals surface area contributed by atoms with Gasteiger partial charge in [0.1, 0.15) is 40.1 Å². The molecule has 366 valence electrons. The fourth-order valence-corrected chi connectivity index (χ4v) is 4.93. The number of benzene rings is 5. The van der Waals surface area contributed by atoms with Crippen LogP contribution in [0.15, 0.2) is 153 Å². The lowest BCUT2D eigenvalue weighted by Gasteiger charge is -2.23. The van der Waals surface area contributed by atoms with Crippen LogP contribution in [-0.4, -0.2) is 45.7 Å².